The molecule has 3 amide bonds. The minimum absolute atomic E-state index is 0.0161. The molecule has 1 saturated heterocycles. The summed E-state index contributed by atoms with van der Waals surface area (Å²) in [6.45, 7) is 2.64. The fourth-order valence-corrected chi connectivity index (χ4v) is 4.01. The lowest BCUT2D eigenvalue weighted by Crippen LogP contribution is -2.48. The van der Waals surface area contributed by atoms with Gasteiger partial charge in [-0.15, -0.1) is 0 Å². The average Bonchev–Trinajstić information content (AvgIpc) is 3.23. The maximum Gasteiger partial charge on any atom is 0.317 e. The van der Waals surface area contributed by atoms with Gasteiger partial charge in [0.25, 0.3) is 5.91 Å². The highest BCUT2D eigenvalue weighted by Gasteiger charge is 2.24. The molecule has 1 atom stereocenters. The molecule has 30 heavy (non-hydrogen) atoms. The summed E-state index contributed by atoms with van der Waals surface area (Å²) in [4.78, 5) is 30.1. The molecule has 0 bridgehead atoms. The van der Waals surface area contributed by atoms with E-state index in [0.717, 1.165) is 36.7 Å². The number of fused-ring (bicyclic) bond motifs is 1. The quantitative estimate of drug-likeness (QED) is 0.587. The van der Waals surface area contributed by atoms with Crippen LogP contribution >= 0.6 is 0 Å². The van der Waals surface area contributed by atoms with Crippen LogP contribution in [0.1, 0.15) is 28.9 Å². The molecule has 3 N–H and O–H groups in total. The van der Waals surface area contributed by atoms with Crippen LogP contribution in [0.15, 0.2) is 60.7 Å². The molecule has 6 heteroatoms. The van der Waals surface area contributed by atoms with E-state index in [9.17, 15) is 9.59 Å². The van der Waals surface area contributed by atoms with Gasteiger partial charge in [-0.1, -0.05) is 48.5 Å². The van der Waals surface area contributed by atoms with Crippen molar-refractivity contribution < 1.29 is 9.59 Å². The Morgan fingerprint density at radius 2 is 1.83 bits per heavy atom. The highest BCUT2D eigenvalue weighted by atomic mass is 16.2. The maximum atomic E-state index is 12.5. The summed E-state index contributed by atoms with van der Waals surface area (Å²) < 4.78 is 0. The normalized spacial score (nSPS) is 16.4. The van der Waals surface area contributed by atoms with Gasteiger partial charge < -0.3 is 20.5 Å². The number of H-pyrrole nitrogens is 1. The topological polar surface area (TPSA) is 77.2 Å². The molecule has 0 aliphatic carbocycles. The smallest absolute Gasteiger partial charge is 0.317 e. The van der Waals surface area contributed by atoms with E-state index in [0.29, 0.717) is 25.3 Å². The Morgan fingerprint density at radius 1 is 1.03 bits per heavy atom. The number of aromatic amines is 1. The first kappa shape index (κ1) is 20.0. The lowest BCUT2D eigenvalue weighted by atomic mass is 9.98. The van der Waals surface area contributed by atoms with Gasteiger partial charge in [0.2, 0.25) is 0 Å². The first-order valence-electron chi connectivity index (χ1n) is 10.6. The fraction of sp³-hybridized carbons (Fsp3) is 0.333. The zero-order valence-electron chi connectivity index (χ0n) is 17.1. The number of nitrogens with one attached hydrogen (secondary N) is 3. The molecule has 2 heterocycles. The second-order valence-corrected chi connectivity index (χ2v) is 7.90. The predicted molar refractivity (Wildman–Crippen MR) is 118 cm³/mol. The van der Waals surface area contributed by atoms with Crippen molar-refractivity contribution in [1.82, 2.24) is 20.5 Å². The van der Waals surface area contributed by atoms with Crippen LogP contribution in [0.2, 0.25) is 0 Å². The molecule has 0 saturated carbocycles. The molecule has 1 aliphatic heterocycles. The maximum absolute atomic E-state index is 12.5. The van der Waals surface area contributed by atoms with Crippen molar-refractivity contribution in [2.75, 3.05) is 26.2 Å². The number of likely N-dealkylation sites (tertiary alicyclic amines) is 1. The van der Waals surface area contributed by atoms with E-state index in [1.165, 1.54) is 5.56 Å². The van der Waals surface area contributed by atoms with Crippen LogP contribution in [0.5, 0.6) is 0 Å². The summed E-state index contributed by atoms with van der Waals surface area (Å²) in [7, 11) is 0. The summed E-state index contributed by atoms with van der Waals surface area (Å²) in [6.07, 6.45) is 2.80. The van der Waals surface area contributed by atoms with E-state index in [1.54, 1.807) is 0 Å². The fourth-order valence-electron chi connectivity index (χ4n) is 4.01. The Balaban J connectivity index is 1.23. The number of aromatic nitrogens is 1. The number of carbonyl (C=O) groups is 2. The van der Waals surface area contributed by atoms with Gasteiger partial charge in [0.1, 0.15) is 5.69 Å². The van der Waals surface area contributed by atoms with Crippen LogP contribution in [0.3, 0.4) is 0 Å². The molecule has 2 aromatic carbocycles. The van der Waals surface area contributed by atoms with Crippen LogP contribution in [-0.4, -0.2) is 48.0 Å². The number of piperidine rings is 1. The van der Waals surface area contributed by atoms with Gasteiger partial charge in [0.15, 0.2) is 0 Å². The number of hydrogen-bond acceptors (Lipinski definition) is 2. The van der Waals surface area contributed by atoms with Crippen molar-refractivity contribution in [3.63, 3.8) is 0 Å². The van der Waals surface area contributed by atoms with Crippen LogP contribution < -0.4 is 10.6 Å². The van der Waals surface area contributed by atoms with Crippen LogP contribution in [0.4, 0.5) is 4.79 Å². The largest absolute Gasteiger partial charge is 0.351 e. The minimum Gasteiger partial charge on any atom is -0.351 e. The van der Waals surface area contributed by atoms with E-state index in [1.807, 2.05) is 53.4 Å². The van der Waals surface area contributed by atoms with Gasteiger partial charge in [-0.3, -0.25) is 4.79 Å². The lowest BCUT2D eigenvalue weighted by Gasteiger charge is -2.32. The van der Waals surface area contributed by atoms with Gasteiger partial charge in [0, 0.05) is 37.1 Å². The molecule has 1 aliphatic rings. The van der Waals surface area contributed by atoms with Gasteiger partial charge >= 0.3 is 6.03 Å². The number of nitrogens with zero attached hydrogens (tertiary/aromatic N) is 1. The van der Waals surface area contributed by atoms with E-state index in [2.05, 4.69) is 27.8 Å². The second kappa shape index (κ2) is 9.48. The SMILES string of the molecule is O=C(NC[C@H]1CCCN(C(=O)NCCc2ccccc2)C1)c1cc2ccccc2[nH]1. The number of rotatable bonds is 6. The summed E-state index contributed by atoms with van der Waals surface area (Å²) >= 11 is 0. The Morgan fingerprint density at radius 3 is 2.67 bits per heavy atom. The minimum atomic E-state index is -0.101. The molecule has 1 fully saturated rings. The third kappa shape index (κ3) is 5.00. The molecule has 0 radical (unpaired) electrons. The molecular formula is C24H28N4O2. The molecule has 0 unspecified atom stereocenters. The van der Waals surface area contributed by atoms with Crippen molar-refractivity contribution in [1.29, 1.82) is 0 Å². The Kier molecular flexibility index (Phi) is 6.32. The Bertz CT molecular complexity index is 966. The van der Waals surface area contributed by atoms with Crippen molar-refractivity contribution in [3.8, 4) is 0 Å². The third-order valence-electron chi connectivity index (χ3n) is 5.66. The standard InChI is InChI=1S/C24H28N4O2/c29-23(22-15-20-10-4-5-11-21(20)27-22)26-16-19-9-6-14-28(17-19)24(30)25-13-12-18-7-2-1-3-8-18/h1-5,7-8,10-11,15,19,27H,6,9,12-14,16-17H2,(H,25,30)(H,26,29)/t19-/m1/s1. The monoisotopic (exact) mass is 404 g/mol. The van der Waals surface area contributed by atoms with E-state index < -0.39 is 0 Å². The molecule has 1 aromatic heterocycles. The number of carbonyl (C=O) groups excluding carboxylic acids is 2. The first-order valence-corrected chi connectivity index (χ1v) is 10.6. The van der Waals surface area contributed by atoms with Crippen molar-refractivity contribution in [2.24, 2.45) is 5.92 Å². The third-order valence-corrected chi connectivity index (χ3v) is 5.66. The summed E-state index contributed by atoms with van der Waals surface area (Å²) in [5.41, 5.74) is 2.75. The van der Waals surface area contributed by atoms with Crippen molar-refractivity contribution >= 4 is 22.8 Å². The second-order valence-electron chi connectivity index (χ2n) is 7.90. The molecular weight excluding hydrogens is 376 g/mol. The number of para-hydroxylation sites is 1. The number of urea groups is 1. The Labute approximate surface area is 176 Å². The summed E-state index contributed by atoms with van der Waals surface area (Å²) in [5, 5.41) is 7.07. The summed E-state index contributed by atoms with van der Waals surface area (Å²) in [5.74, 6) is 0.169. The molecule has 6 nitrogen and oxygen atoms in total. The van der Waals surface area contributed by atoms with Gasteiger partial charge in [0.05, 0.1) is 0 Å². The number of benzene rings is 2. The van der Waals surface area contributed by atoms with E-state index >= 15 is 0 Å². The zero-order valence-corrected chi connectivity index (χ0v) is 17.1. The van der Waals surface area contributed by atoms with Crippen molar-refractivity contribution in [2.45, 2.75) is 19.3 Å². The van der Waals surface area contributed by atoms with Gasteiger partial charge in [-0.05, 0) is 42.9 Å². The van der Waals surface area contributed by atoms with Crippen molar-refractivity contribution in [3.05, 3.63) is 71.9 Å². The lowest BCUT2D eigenvalue weighted by molar-refractivity contribution is 0.0933. The molecule has 0 spiro atoms. The molecule has 4 rings (SSSR count). The van der Waals surface area contributed by atoms with E-state index in [4.69, 9.17) is 0 Å². The van der Waals surface area contributed by atoms with Gasteiger partial charge in [-0.25, -0.2) is 4.79 Å². The summed E-state index contributed by atoms with van der Waals surface area (Å²) in [6, 6.07) is 19.9. The highest BCUT2D eigenvalue weighted by Crippen LogP contribution is 2.17. The van der Waals surface area contributed by atoms with Crippen LogP contribution in [-0.2, 0) is 6.42 Å². The zero-order chi connectivity index (χ0) is 20.8. The predicted octanol–water partition coefficient (Wildman–Crippen LogP) is 3.56. The van der Waals surface area contributed by atoms with Gasteiger partial charge in [-0.2, -0.15) is 0 Å². The van der Waals surface area contributed by atoms with Crippen LogP contribution in [0, 0.1) is 5.92 Å². The number of hydrogen-bond donors (Lipinski definition) is 3. The number of amides is 3. The average molecular weight is 405 g/mol. The Hall–Kier alpha value is -3.28. The first-order chi connectivity index (χ1) is 14.7. The van der Waals surface area contributed by atoms with Crippen LogP contribution in [0.25, 0.3) is 10.9 Å². The molecule has 3 aromatic rings. The molecule has 156 valence electrons. The highest BCUT2D eigenvalue weighted by molar-refractivity contribution is 5.97. The van der Waals surface area contributed by atoms with E-state index in [-0.39, 0.29) is 17.9 Å².